The van der Waals surface area contributed by atoms with Crippen molar-refractivity contribution in [2.45, 2.75) is 38.8 Å². The number of rotatable bonds is 4. The highest BCUT2D eigenvalue weighted by molar-refractivity contribution is 5.77. The molecule has 1 saturated heterocycles. The summed E-state index contributed by atoms with van der Waals surface area (Å²) in [6.45, 7) is 5.56. The second-order valence-corrected chi connectivity index (χ2v) is 5.89. The van der Waals surface area contributed by atoms with Crippen molar-refractivity contribution < 1.29 is 4.79 Å². The molecule has 1 amide bonds. The Labute approximate surface area is 121 Å². The van der Waals surface area contributed by atoms with Crippen molar-refractivity contribution in [1.29, 1.82) is 0 Å². The highest BCUT2D eigenvalue weighted by Gasteiger charge is 2.33. The summed E-state index contributed by atoms with van der Waals surface area (Å²) >= 11 is 0. The summed E-state index contributed by atoms with van der Waals surface area (Å²) in [5, 5.41) is 0. The number of amides is 1. The molecule has 4 heteroatoms. The molecule has 0 bridgehead atoms. The molecule has 2 rings (SSSR count). The summed E-state index contributed by atoms with van der Waals surface area (Å²) in [6, 6.07) is 9.03. The molecule has 1 aromatic carbocycles. The van der Waals surface area contributed by atoms with Gasteiger partial charge in [0, 0.05) is 25.2 Å². The fourth-order valence-electron chi connectivity index (χ4n) is 3.14. The van der Waals surface area contributed by atoms with Gasteiger partial charge in [0.05, 0.1) is 5.92 Å². The minimum Gasteiger partial charge on any atom is -0.369 e. The average Bonchev–Trinajstić information content (AvgIpc) is 2.41. The second-order valence-electron chi connectivity index (χ2n) is 5.89. The first-order valence-electron chi connectivity index (χ1n) is 7.34. The van der Waals surface area contributed by atoms with Gasteiger partial charge in [0.15, 0.2) is 0 Å². The molecule has 4 nitrogen and oxygen atoms in total. The lowest BCUT2D eigenvalue weighted by atomic mass is 9.90. The molecule has 3 unspecified atom stereocenters. The number of nitrogens with zero attached hydrogens (tertiary/aromatic N) is 1. The number of benzene rings is 1. The first-order chi connectivity index (χ1) is 9.52. The Kier molecular flexibility index (Phi) is 4.78. The van der Waals surface area contributed by atoms with Crippen LogP contribution in [0, 0.1) is 12.8 Å². The third-order valence-corrected chi connectivity index (χ3v) is 4.38. The lowest BCUT2D eigenvalue weighted by molar-refractivity contribution is -0.124. The van der Waals surface area contributed by atoms with Gasteiger partial charge in [-0.05, 0) is 32.3 Å². The summed E-state index contributed by atoms with van der Waals surface area (Å²) in [6.07, 6.45) is 1.88. The van der Waals surface area contributed by atoms with E-state index in [0.717, 1.165) is 12.8 Å². The molecule has 0 aromatic heterocycles. The first kappa shape index (κ1) is 15.0. The summed E-state index contributed by atoms with van der Waals surface area (Å²) in [4.78, 5) is 13.8. The molecule has 0 aliphatic carbocycles. The van der Waals surface area contributed by atoms with E-state index in [2.05, 4.69) is 43.0 Å². The second kappa shape index (κ2) is 6.37. The predicted molar refractivity (Wildman–Crippen MR) is 81.1 cm³/mol. The van der Waals surface area contributed by atoms with E-state index in [1.807, 2.05) is 0 Å². The van der Waals surface area contributed by atoms with Crippen LogP contribution in [0.5, 0.6) is 0 Å². The van der Waals surface area contributed by atoms with Crippen LogP contribution >= 0.6 is 0 Å². The SMILES string of the molecule is Cc1cccc(C(CN)N2CC(C(N)=O)CCC2C)c1. The molecule has 110 valence electrons. The number of hydrogen-bond donors (Lipinski definition) is 2. The number of primary amides is 1. The molecule has 20 heavy (non-hydrogen) atoms. The molecule has 1 fully saturated rings. The smallest absolute Gasteiger partial charge is 0.221 e. The van der Waals surface area contributed by atoms with E-state index in [9.17, 15) is 4.79 Å². The quantitative estimate of drug-likeness (QED) is 0.876. The highest BCUT2D eigenvalue weighted by Crippen LogP contribution is 2.30. The number of nitrogens with two attached hydrogens (primary N) is 2. The van der Waals surface area contributed by atoms with E-state index in [1.165, 1.54) is 11.1 Å². The minimum absolute atomic E-state index is 0.0509. The Balaban J connectivity index is 2.23. The van der Waals surface area contributed by atoms with Crippen molar-refractivity contribution in [2.24, 2.45) is 17.4 Å². The zero-order valence-electron chi connectivity index (χ0n) is 12.4. The Hall–Kier alpha value is -1.39. The maximum atomic E-state index is 11.5. The van der Waals surface area contributed by atoms with Gasteiger partial charge in [-0.1, -0.05) is 29.8 Å². The van der Waals surface area contributed by atoms with Crippen molar-refractivity contribution in [1.82, 2.24) is 4.90 Å². The summed E-state index contributed by atoms with van der Waals surface area (Å²) < 4.78 is 0. The number of carbonyl (C=O) groups excluding carboxylic acids is 1. The Morgan fingerprint density at radius 1 is 1.45 bits per heavy atom. The molecule has 4 N–H and O–H groups in total. The summed E-state index contributed by atoms with van der Waals surface area (Å²) in [5.74, 6) is -0.244. The first-order valence-corrected chi connectivity index (χ1v) is 7.34. The highest BCUT2D eigenvalue weighted by atomic mass is 16.1. The van der Waals surface area contributed by atoms with Crippen molar-refractivity contribution in [3.63, 3.8) is 0 Å². The Bertz CT molecular complexity index is 475. The molecule has 3 atom stereocenters. The third-order valence-electron chi connectivity index (χ3n) is 4.38. The van der Waals surface area contributed by atoms with Gasteiger partial charge in [-0.15, -0.1) is 0 Å². The average molecular weight is 275 g/mol. The van der Waals surface area contributed by atoms with Gasteiger partial charge in [0.25, 0.3) is 0 Å². The van der Waals surface area contributed by atoms with E-state index in [4.69, 9.17) is 11.5 Å². The van der Waals surface area contributed by atoms with Crippen LogP contribution in [-0.2, 0) is 4.79 Å². The van der Waals surface area contributed by atoms with Gasteiger partial charge in [-0.3, -0.25) is 9.69 Å². The predicted octanol–water partition coefficient (Wildman–Crippen LogP) is 1.58. The van der Waals surface area contributed by atoms with E-state index in [-0.39, 0.29) is 17.9 Å². The molecule has 0 saturated carbocycles. The van der Waals surface area contributed by atoms with Crippen LogP contribution in [-0.4, -0.2) is 29.9 Å². The normalized spacial score (nSPS) is 25.4. The number of hydrogen-bond acceptors (Lipinski definition) is 3. The molecule has 1 aliphatic rings. The molecule has 1 aliphatic heterocycles. The summed E-state index contributed by atoms with van der Waals surface area (Å²) in [5.41, 5.74) is 14.0. The molecular weight excluding hydrogens is 250 g/mol. The van der Waals surface area contributed by atoms with Gasteiger partial charge in [0.2, 0.25) is 5.91 Å². The lowest BCUT2D eigenvalue weighted by Gasteiger charge is -2.42. The maximum Gasteiger partial charge on any atom is 0.221 e. The van der Waals surface area contributed by atoms with Crippen LogP contribution < -0.4 is 11.5 Å². The number of aryl methyl sites for hydroxylation is 1. The van der Waals surface area contributed by atoms with Crippen LogP contribution in [0.4, 0.5) is 0 Å². The number of carbonyl (C=O) groups is 1. The van der Waals surface area contributed by atoms with Crippen LogP contribution in [0.2, 0.25) is 0 Å². The fraction of sp³-hybridized carbons (Fsp3) is 0.562. The lowest BCUT2D eigenvalue weighted by Crippen LogP contribution is -2.49. The van der Waals surface area contributed by atoms with Gasteiger partial charge >= 0.3 is 0 Å². The standard InChI is InChI=1S/C16H25N3O/c1-11-4-3-5-13(8-11)15(9-17)19-10-14(16(18)20)7-6-12(19)2/h3-5,8,12,14-15H,6-7,9-10,17H2,1-2H3,(H2,18,20). The number of piperidine rings is 1. The largest absolute Gasteiger partial charge is 0.369 e. The summed E-state index contributed by atoms with van der Waals surface area (Å²) in [7, 11) is 0. The van der Waals surface area contributed by atoms with Crippen LogP contribution in [0.25, 0.3) is 0 Å². The minimum atomic E-state index is -0.193. The van der Waals surface area contributed by atoms with E-state index < -0.39 is 0 Å². The van der Waals surface area contributed by atoms with E-state index in [1.54, 1.807) is 0 Å². The van der Waals surface area contributed by atoms with Crippen molar-refractivity contribution in [3.8, 4) is 0 Å². The van der Waals surface area contributed by atoms with Gasteiger partial charge < -0.3 is 11.5 Å². The van der Waals surface area contributed by atoms with E-state index >= 15 is 0 Å². The molecule has 1 heterocycles. The van der Waals surface area contributed by atoms with Crippen LogP contribution in [0.1, 0.15) is 36.9 Å². The van der Waals surface area contributed by atoms with Crippen molar-refractivity contribution in [2.75, 3.05) is 13.1 Å². The maximum absolute atomic E-state index is 11.5. The van der Waals surface area contributed by atoms with Gasteiger partial charge in [-0.25, -0.2) is 0 Å². The molecular formula is C16H25N3O. The Morgan fingerprint density at radius 3 is 2.80 bits per heavy atom. The van der Waals surface area contributed by atoms with Gasteiger partial charge in [0.1, 0.15) is 0 Å². The van der Waals surface area contributed by atoms with Crippen LogP contribution in [0.15, 0.2) is 24.3 Å². The van der Waals surface area contributed by atoms with Crippen molar-refractivity contribution >= 4 is 5.91 Å². The topological polar surface area (TPSA) is 72.3 Å². The molecule has 0 radical (unpaired) electrons. The zero-order chi connectivity index (χ0) is 14.7. The van der Waals surface area contributed by atoms with Crippen molar-refractivity contribution in [3.05, 3.63) is 35.4 Å². The number of likely N-dealkylation sites (tertiary alicyclic amines) is 1. The monoisotopic (exact) mass is 275 g/mol. The molecule has 0 spiro atoms. The molecule has 1 aromatic rings. The zero-order valence-corrected chi connectivity index (χ0v) is 12.4. The fourth-order valence-corrected chi connectivity index (χ4v) is 3.14. The third kappa shape index (κ3) is 3.19. The van der Waals surface area contributed by atoms with E-state index in [0.29, 0.717) is 19.1 Å². The van der Waals surface area contributed by atoms with Crippen LogP contribution in [0.3, 0.4) is 0 Å². The Morgan fingerprint density at radius 2 is 2.20 bits per heavy atom. The van der Waals surface area contributed by atoms with Gasteiger partial charge in [-0.2, -0.15) is 0 Å².